The Hall–Kier alpha value is -1.17. The van der Waals surface area contributed by atoms with Gasteiger partial charge in [-0.15, -0.1) is 0 Å². The minimum absolute atomic E-state index is 0.227. The van der Waals surface area contributed by atoms with Gasteiger partial charge in [0.05, 0.1) is 13.2 Å². The van der Waals surface area contributed by atoms with Crippen molar-refractivity contribution in [3.63, 3.8) is 0 Å². The Morgan fingerprint density at radius 1 is 1.12 bits per heavy atom. The Balaban J connectivity index is 0.000000431. The molecule has 0 amide bonds. The molecule has 0 saturated heterocycles. The van der Waals surface area contributed by atoms with Gasteiger partial charge in [-0.3, -0.25) is 4.79 Å². The minimum atomic E-state index is 0.227. The molecule has 0 aromatic heterocycles. The summed E-state index contributed by atoms with van der Waals surface area (Å²) >= 11 is 2.21. The first kappa shape index (κ1) is 21.1. The van der Waals surface area contributed by atoms with Crippen LogP contribution in [0.25, 0.3) is 5.57 Å². The third-order valence-electron chi connectivity index (χ3n) is 5.04. The van der Waals surface area contributed by atoms with Crippen molar-refractivity contribution in [3.8, 4) is 11.5 Å². The molecule has 1 aromatic rings. The van der Waals surface area contributed by atoms with Crippen molar-refractivity contribution in [3.05, 3.63) is 29.8 Å². The topological polar surface area (TPSA) is 35.5 Å². The van der Waals surface area contributed by atoms with Gasteiger partial charge in [-0.2, -0.15) is 0 Å². The van der Waals surface area contributed by atoms with Crippen LogP contribution in [0, 0.1) is 0 Å². The van der Waals surface area contributed by atoms with Crippen molar-refractivity contribution < 1.29 is 14.3 Å². The average Bonchev–Trinajstić information content (AvgIpc) is 3.16. The number of ether oxygens (including phenoxy) is 2. The summed E-state index contributed by atoms with van der Waals surface area (Å²) in [4.78, 5) is 11.6. The van der Waals surface area contributed by atoms with Crippen LogP contribution in [0.1, 0.15) is 70.3 Å². The van der Waals surface area contributed by atoms with E-state index in [0.717, 1.165) is 48.3 Å². The molecular weight excluding hydrogens is 319 g/mol. The second-order valence-corrected chi connectivity index (χ2v) is 7.23. The molecule has 0 radical (unpaired) electrons. The summed E-state index contributed by atoms with van der Waals surface area (Å²) in [5.41, 5.74) is 2.20. The normalized spacial score (nSPS) is 17.4. The molecule has 0 atom stereocenters. The summed E-state index contributed by atoms with van der Waals surface area (Å²) in [6, 6.07) is 5.99. The summed E-state index contributed by atoms with van der Waals surface area (Å²) < 4.78 is 11.5. The van der Waals surface area contributed by atoms with Crippen LogP contribution in [-0.2, 0) is 4.79 Å². The molecular formula is C22H31LiO3. The molecule has 0 N–H and O–H groups in total. The van der Waals surface area contributed by atoms with E-state index < -0.39 is 0 Å². The predicted molar refractivity (Wildman–Crippen MR) is 108 cm³/mol. The van der Waals surface area contributed by atoms with Crippen molar-refractivity contribution in [2.75, 3.05) is 7.11 Å². The molecule has 4 heteroatoms. The number of hydrogen-bond acceptors (Lipinski definition) is 3. The van der Waals surface area contributed by atoms with Gasteiger partial charge < -0.3 is 9.47 Å². The Labute approximate surface area is 167 Å². The molecule has 26 heavy (non-hydrogen) atoms. The Kier molecular flexibility index (Phi) is 9.36. The quantitative estimate of drug-likeness (QED) is 0.633. The van der Waals surface area contributed by atoms with Gasteiger partial charge >= 0.3 is 42.6 Å². The summed E-state index contributed by atoms with van der Waals surface area (Å²) in [7, 11) is 1.67. The zero-order chi connectivity index (χ0) is 18.8. The van der Waals surface area contributed by atoms with Gasteiger partial charge in [0, 0.05) is 6.42 Å². The first-order valence-corrected chi connectivity index (χ1v) is 10.3. The summed E-state index contributed by atoms with van der Waals surface area (Å²) in [5, 5.41) is 1.34. The van der Waals surface area contributed by atoms with Crippen LogP contribution in [-0.4, -0.2) is 36.7 Å². The van der Waals surface area contributed by atoms with Crippen molar-refractivity contribution in [1.82, 2.24) is 0 Å². The number of methoxy groups -OCH3 is 1. The van der Waals surface area contributed by atoms with Crippen molar-refractivity contribution in [2.24, 2.45) is 0 Å². The molecule has 0 spiro atoms. The third-order valence-corrected chi connectivity index (χ3v) is 5.04. The van der Waals surface area contributed by atoms with Crippen LogP contribution in [0.2, 0.25) is 5.09 Å². The van der Waals surface area contributed by atoms with Gasteiger partial charge in [-0.25, -0.2) is 0 Å². The van der Waals surface area contributed by atoms with Gasteiger partial charge in [0.1, 0.15) is 0 Å². The van der Waals surface area contributed by atoms with Gasteiger partial charge in [-0.05, 0) is 67.9 Å². The maximum atomic E-state index is 11.6. The number of carbonyl (C=O) groups excluding carboxylic acids is 1. The number of rotatable bonds is 6. The van der Waals surface area contributed by atoms with Gasteiger partial charge in [0.15, 0.2) is 17.3 Å². The van der Waals surface area contributed by atoms with E-state index in [1.165, 1.54) is 30.8 Å². The van der Waals surface area contributed by atoms with Crippen molar-refractivity contribution >= 4 is 29.1 Å². The fourth-order valence-electron chi connectivity index (χ4n) is 3.53. The second-order valence-electron chi connectivity index (χ2n) is 7.23. The molecule has 3 nitrogen and oxygen atoms in total. The maximum absolute atomic E-state index is 11.6. The summed E-state index contributed by atoms with van der Waals surface area (Å²) in [6.07, 6.45) is 12.1. The first-order chi connectivity index (χ1) is 12.7. The zero-order valence-corrected chi connectivity index (χ0v) is 16.7. The predicted octanol–water partition coefficient (Wildman–Crippen LogP) is 5.53. The summed E-state index contributed by atoms with van der Waals surface area (Å²) in [5.74, 6) is 1.81. The number of allylic oxidation sites excluding steroid dienone is 2. The second kappa shape index (κ2) is 11.5. The fraction of sp³-hybridized carbons (Fsp3) is 0.591. The van der Waals surface area contributed by atoms with E-state index in [-0.39, 0.29) is 5.78 Å². The standard InChI is InChI=1S/C18H22O3.C4H9.Li/c1-20-17-10-9-14(13-5-4-6-15(19)11-13)12-18(17)21-16-7-2-3-8-16;1-3-4-2;/h9-12,16H,2-8H2,1H3;1,3-4H2,2H3;. The number of ketones is 1. The van der Waals surface area contributed by atoms with Crippen LogP contribution in [0.3, 0.4) is 0 Å². The average molecular weight is 350 g/mol. The molecule has 138 valence electrons. The van der Waals surface area contributed by atoms with Crippen molar-refractivity contribution in [1.29, 1.82) is 0 Å². The molecule has 1 saturated carbocycles. The van der Waals surface area contributed by atoms with E-state index >= 15 is 0 Å². The molecule has 0 bridgehead atoms. The Morgan fingerprint density at radius 3 is 2.46 bits per heavy atom. The number of hydrogen-bond donors (Lipinski definition) is 0. The zero-order valence-electron chi connectivity index (χ0n) is 16.7. The third kappa shape index (κ3) is 6.52. The number of unbranched alkanes of at least 4 members (excludes halogenated alkanes) is 1. The van der Waals surface area contributed by atoms with Crippen LogP contribution in [0.15, 0.2) is 24.3 Å². The number of carbonyl (C=O) groups is 1. The molecule has 0 unspecified atom stereocenters. The van der Waals surface area contributed by atoms with Crippen LogP contribution >= 0.6 is 0 Å². The molecule has 0 aliphatic heterocycles. The van der Waals surface area contributed by atoms with E-state index in [1.54, 1.807) is 13.2 Å². The fourth-order valence-corrected chi connectivity index (χ4v) is 3.53. The molecule has 1 aromatic carbocycles. The molecule has 3 rings (SSSR count). The van der Waals surface area contributed by atoms with E-state index in [4.69, 9.17) is 9.47 Å². The van der Waals surface area contributed by atoms with E-state index in [9.17, 15) is 4.79 Å². The SMILES string of the molecule is COc1ccc(C2=CC(=O)CCC2)cc1OC1CCCC1.[Li][CH2]CCC. The van der Waals surface area contributed by atoms with Gasteiger partial charge in [0.2, 0.25) is 0 Å². The van der Waals surface area contributed by atoms with E-state index in [2.05, 4.69) is 24.6 Å². The van der Waals surface area contributed by atoms with E-state index in [1.807, 2.05) is 18.2 Å². The molecule has 0 heterocycles. The van der Waals surface area contributed by atoms with Crippen LogP contribution in [0.4, 0.5) is 0 Å². The van der Waals surface area contributed by atoms with Gasteiger partial charge in [0.25, 0.3) is 0 Å². The Bertz CT molecular complexity index is 601. The van der Waals surface area contributed by atoms with Gasteiger partial charge in [-0.1, -0.05) is 6.07 Å². The number of benzene rings is 1. The summed E-state index contributed by atoms with van der Waals surface area (Å²) in [6.45, 7) is 2.21. The monoisotopic (exact) mass is 350 g/mol. The molecule has 1 fully saturated rings. The molecule has 2 aliphatic rings. The first-order valence-electron chi connectivity index (χ1n) is 10.3. The van der Waals surface area contributed by atoms with Crippen LogP contribution in [0.5, 0.6) is 11.5 Å². The molecule has 2 aliphatic carbocycles. The Morgan fingerprint density at radius 2 is 1.88 bits per heavy atom. The van der Waals surface area contributed by atoms with Crippen molar-refractivity contribution in [2.45, 2.75) is 75.9 Å². The van der Waals surface area contributed by atoms with Crippen LogP contribution < -0.4 is 9.47 Å². The van der Waals surface area contributed by atoms with E-state index in [0.29, 0.717) is 12.5 Å².